The molecule has 0 aliphatic rings. The molecule has 0 aliphatic heterocycles. The second-order valence-corrected chi connectivity index (χ2v) is 5.78. The lowest BCUT2D eigenvalue weighted by Gasteiger charge is -2.09. The Morgan fingerprint density at radius 3 is 2.40 bits per heavy atom. The quantitative estimate of drug-likeness (QED) is 0.884. The van der Waals surface area contributed by atoms with Gasteiger partial charge in [0.15, 0.2) is 0 Å². The minimum atomic E-state index is 0.527. The number of halogens is 1. The molecular weight excluding hydrogens is 318 g/mol. The molecule has 20 heavy (non-hydrogen) atoms. The molecule has 2 aromatic rings. The van der Waals surface area contributed by atoms with Crippen LogP contribution in [0.15, 0.2) is 27.1 Å². The maximum absolute atomic E-state index is 5.88. The molecule has 0 saturated heterocycles. The summed E-state index contributed by atoms with van der Waals surface area (Å²) in [6.07, 6.45) is 0. The third-order valence-corrected chi connectivity index (χ3v) is 4.48. The summed E-state index contributed by atoms with van der Waals surface area (Å²) in [4.78, 5) is 0. The van der Waals surface area contributed by atoms with Crippen molar-refractivity contribution in [1.82, 2.24) is 5.32 Å². The van der Waals surface area contributed by atoms with Crippen molar-refractivity contribution in [3.63, 3.8) is 0 Å². The van der Waals surface area contributed by atoms with E-state index in [4.69, 9.17) is 9.15 Å². The minimum absolute atomic E-state index is 0.527. The van der Waals surface area contributed by atoms with Gasteiger partial charge in [0.2, 0.25) is 0 Å². The van der Waals surface area contributed by atoms with Crippen LogP contribution in [0.4, 0.5) is 0 Å². The Kier molecular flexibility index (Phi) is 4.89. The third-order valence-electron chi connectivity index (χ3n) is 3.23. The van der Waals surface area contributed by atoms with Gasteiger partial charge in [-0.1, -0.05) is 15.9 Å². The minimum Gasteiger partial charge on any atom is -0.489 e. The van der Waals surface area contributed by atoms with Gasteiger partial charge >= 0.3 is 0 Å². The predicted octanol–water partition coefficient (Wildman–Crippen LogP) is 4.27. The Balaban J connectivity index is 2.09. The van der Waals surface area contributed by atoms with Crippen molar-refractivity contribution in [2.75, 3.05) is 7.05 Å². The van der Waals surface area contributed by atoms with Crippen LogP contribution in [-0.2, 0) is 13.2 Å². The van der Waals surface area contributed by atoms with Crippen molar-refractivity contribution in [2.24, 2.45) is 0 Å². The van der Waals surface area contributed by atoms with Crippen LogP contribution >= 0.6 is 15.9 Å². The van der Waals surface area contributed by atoms with E-state index in [1.807, 2.05) is 32.2 Å². The summed E-state index contributed by atoms with van der Waals surface area (Å²) in [6.45, 7) is 7.36. The SMILES string of the molecule is CNCc1cc(COc2cc(C)c(Br)c(C)c2)c(C)o1. The molecule has 0 radical (unpaired) electrons. The van der Waals surface area contributed by atoms with Crippen LogP contribution in [0.3, 0.4) is 0 Å². The van der Waals surface area contributed by atoms with E-state index in [0.29, 0.717) is 6.61 Å². The van der Waals surface area contributed by atoms with Crippen molar-refractivity contribution < 1.29 is 9.15 Å². The number of furan rings is 1. The Labute approximate surface area is 128 Å². The largest absolute Gasteiger partial charge is 0.489 e. The molecule has 1 aromatic heterocycles. The zero-order valence-electron chi connectivity index (χ0n) is 12.3. The molecule has 0 amide bonds. The lowest BCUT2D eigenvalue weighted by molar-refractivity contribution is 0.302. The Morgan fingerprint density at radius 2 is 1.80 bits per heavy atom. The number of hydrogen-bond acceptors (Lipinski definition) is 3. The van der Waals surface area contributed by atoms with E-state index >= 15 is 0 Å². The van der Waals surface area contributed by atoms with E-state index in [1.54, 1.807) is 0 Å². The molecule has 4 heteroatoms. The summed E-state index contributed by atoms with van der Waals surface area (Å²) in [7, 11) is 1.90. The van der Waals surface area contributed by atoms with Crippen LogP contribution in [-0.4, -0.2) is 7.05 Å². The highest BCUT2D eigenvalue weighted by Crippen LogP contribution is 2.27. The lowest BCUT2D eigenvalue weighted by Crippen LogP contribution is -2.03. The van der Waals surface area contributed by atoms with Gasteiger partial charge in [0.05, 0.1) is 6.54 Å². The van der Waals surface area contributed by atoms with Gasteiger partial charge < -0.3 is 14.5 Å². The van der Waals surface area contributed by atoms with Crippen LogP contribution in [0.1, 0.15) is 28.2 Å². The number of benzene rings is 1. The number of aryl methyl sites for hydroxylation is 3. The Bertz CT molecular complexity index is 582. The summed E-state index contributed by atoms with van der Waals surface area (Å²) in [5.74, 6) is 2.74. The molecule has 0 unspecified atom stereocenters. The molecule has 1 aromatic carbocycles. The first-order valence-electron chi connectivity index (χ1n) is 6.63. The Hall–Kier alpha value is -1.26. The molecule has 0 spiro atoms. The highest BCUT2D eigenvalue weighted by Gasteiger charge is 2.09. The van der Waals surface area contributed by atoms with Crippen molar-refractivity contribution in [3.05, 3.63) is 50.9 Å². The van der Waals surface area contributed by atoms with Gasteiger partial charge in [-0.25, -0.2) is 0 Å². The van der Waals surface area contributed by atoms with Gasteiger partial charge in [-0.3, -0.25) is 0 Å². The van der Waals surface area contributed by atoms with Crippen LogP contribution in [0.2, 0.25) is 0 Å². The van der Waals surface area contributed by atoms with Crippen molar-refractivity contribution >= 4 is 15.9 Å². The van der Waals surface area contributed by atoms with Crippen LogP contribution < -0.4 is 10.1 Å². The van der Waals surface area contributed by atoms with E-state index in [9.17, 15) is 0 Å². The van der Waals surface area contributed by atoms with Gasteiger partial charge in [0.25, 0.3) is 0 Å². The molecule has 0 saturated carbocycles. The van der Waals surface area contributed by atoms with E-state index in [0.717, 1.165) is 33.9 Å². The fraction of sp³-hybridized carbons (Fsp3) is 0.375. The van der Waals surface area contributed by atoms with E-state index < -0.39 is 0 Å². The maximum atomic E-state index is 5.88. The molecule has 0 aliphatic carbocycles. The second kappa shape index (κ2) is 6.46. The summed E-state index contributed by atoms with van der Waals surface area (Å²) < 4.78 is 12.7. The normalized spacial score (nSPS) is 10.8. The van der Waals surface area contributed by atoms with E-state index in [1.165, 1.54) is 11.1 Å². The average molecular weight is 338 g/mol. The number of ether oxygens (including phenoxy) is 1. The number of rotatable bonds is 5. The molecule has 0 fully saturated rings. The van der Waals surface area contributed by atoms with Crippen LogP contribution in [0, 0.1) is 20.8 Å². The van der Waals surface area contributed by atoms with Crippen molar-refractivity contribution in [1.29, 1.82) is 0 Å². The first kappa shape index (κ1) is 15.1. The van der Waals surface area contributed by atoms with E-state index in [2.05, 4.69) is 35.1 Å². The topological polar surface area (TPSA) is 34.4 Å². The number of nitrogens with one attached hydrogen (secondary N) is 1. The van der Waals surface area contributed by atoms with Gasteiger partial charge in [-0.05, 0) is 57.1 Å². The molecule has 2 rings (SSSR count). The number of hydrogen-bond donors (Lipinski definition) is 1. The fourth-order valence-corrected chi connectivity index (χ4v) is 2.37. The summed E-state index contributed by atoms with van der Waals surface area (Å²) in [6, 6.07) is 6.13. The maximum Gasteiger partial charge on any atom is 0.120 e. The van der Waals surface area contributed by atoms with E-state index in [-0.39, 0.29) is 0 Å². The average Bonchev–Trinajstić information content (AvgIpc) is 2.74. The predicted molar refractivity (Wildman–Crippen MR) is 84.2 cm³/mol. The van der Waals surface area contributed by atoms with Crippen LogP contribution in [0.5, 0.6) is 5.75 Å². The fourth-order valence-electron chi connectivity index (χ4n) is 2.14. The standard InChI is InChI=1S/C16H20BrNO2/c1-10-5-14(6-11(2)16(10)17)19-9-13-7-15(8-18-4)20-12(13)3/h5-7,18H,8-9H2,1-4H3. The molecule has 1 heterocycles. The zero-order valence-corrected chi connectivity index (χ0v) is 13.9. The molecular formula is C16H20BrNO2. The monoisotopic (exact) mass is 337 g/mol. The molecule has 1 N–H and O–H groups in total. The molecule has 0 atom stereocenters. The first-order chi connectivity index (χ1) is 9.51. The van der Waals surface area contributed by atoms with Crippen molar-refractivity contribution in [3.8, 4) is 5.75 Å². The molecule has 3 nitrogen and oxygen atoms in total. The van der Waals surface area contributed by atoms with Gasteiger partial charge in [0.1, 0.15) is 23.9 Å². The van der Waals surface area contributed by atoms with Gasteiger partial charge in [0, 0.05) is 10.0 Å². The second-order valence-electron chi connectivity index (χ2n) is 4.98. The first-order valence-corrected chi connectivity index (χ1v) is 7.43. The lowest BCUT2D eigenvalue weighted by atomic mass is 10.1. The Morgan fingerprint density at radius 1 is 1.15 bits per heavy atom. The smallest absolute Gasteiger partial charge is 0.120 e. The molecule has 0 bridgehead atoms. The highest BCUT2D eigenvalue weighted by molar-refractivity contribution is 9.10. The third kappa shape index (κ3) is 3.44. The summed E-state index contributed by atoms with van der Waals surface area (Å²) >= 11 is 3.56. The molecule has 108 valence electrons. The van der Waals surface area contributed by atoms with Gasteiger partial charge in [-0.15, -0.1) is 0 Å². The highest BCUT2D eigenvalue weighted by atomic mass is 79.9. The van der Waals surface area contributed by atoms with Gasteiger partial charge in [-0.2, -0.15) is 0 Å². The van der Waals surface area contributed by atoms with Crippen molar-refractivity contribution in [2.45, 2.75) is 33.9 Å². The summed E-state index contributed by atoms with van der Waals surface area (Å²) in [5.41, 5.74) is 3.45. The van der Waals surface area contributed by atoms with Crippen LogP contribution in [0.25, 0.3) is 0 Å². The summed E-state index contributed by atoms with van der Waals surface area (Å²) in [5, 5.41) is 3.08. The zero-order chi connectivity index (χ0) is 14.7.